The SMILES string of the molecule is CNC(=O)c1ccc(F)cc1-c1ccc(N2CCCC(NC(=O)Nc3ccc(C(F)(F)F)cc3)C2=O)cc1. The van der Waals surface area contributed by atoms with Crippen LogP contribution in [0.2, 0.25) is 0 Å². The largest absolute Gasteiger partial charge is 0.416 e. The fourth-order valence-electron chi connectivity index (χ4n) is 4.24. The second-order valence-corrected chi connectivity index (χ2v) is 8.67. The lowest BCUT2D eigenvalue weighted by Crippen LogP contribution is -2.53. The van der Waals surface area contributed by atoms with Crippen molar-refractivity contribution in [3.63, 3.8) is 0 Å². The molecule has 1 aliphatic heterocycles. The van der Waals surface area contributed by atoms with Gasteiger partial charge in [0.05, 0.1) is 5.56 Å². The lowest BCUT2D eigenvalue weighted by molar-refractivity contribution is -0.137. The molecule has 0 aromatic heterocycles. The van der Waals surface area contributed by atoms with Crippen LogP contribution in [-0.2, 0) is 11.0 Å². The highest BCUT2D eigenvalue weighted by Gasteiger charge is 2.32. The predicted octanol–water partition coefficient (Wildman–Crippen LogP) is 5.19. The van der Waals surface area contributed by atoms with Crippen LogP contribution in [-0.4, -0.2) is 37.5 Å². The highest BCUT2D eigenvalue weighted by atomic mass is 19.4. The number of rotatable bonds is 5. The normalized spacial score (nSPS) is 15.7. The summed E-state index contributed by atoms with van der Waals surface area (Å²) in [7, 11) is 1.48. The molecule has 198 valence electrons. The third-order valence-electron chi connectivity index (χ3n) is 6.16. The molecule has 0 spiro atoms. The zero-order valence-electron chi connectivity index (χ0n) is 20.2. The first-order chi connectivity index (χ1) is 18.1. The maximum Gasteiger partial charge on any atom is 0.416 e. The van der Waals surface area contributed by atoms with Crippen LogP contribution in [0, 0.1) is 5.82 Å². The van der Waals surface area contributed by atoms with Gasteiger partial charge in [0.1, 0.15) is 11.9 Å². The fourth-order valence-corrected chi connectivity index (χ4v) is 4.24. The van der Waals surface area contributed by atoms with E-state index in [1.807, 2.05) is 0 Å². The summed E-state index contributed by atoms with van der Waals surface area (Å²) < 4.78 is 52.1. The molecule has 0 aliphatic carbocycles. The van der Waals surface area contributed by atoms with Crippen molar-refractivity contribution in [1.82, 2.24) is 10.6 Å². The molecule has 7 nitrogen and oxygen atoms in total. The molecule has 3 N–H and O–H groups in total. The standard InChI is InChI=1S/C27H24F4N4O3/c1-32-24(36)21-13-8-18(28)15-22(21)16-4-11-20(12-5-16)35-14-2-3-23(25(35)37)34-26(38)33-19-9-6-17(7-10-19)27(29,30)31/h4-13,15,23H,2-3,14H2,1H3,(H,32,36)(H2,33,34,38). The minimum absolute atomic E-state index is 0.152. The maximum absolute atomic E-state index is 13.9. The summed E-state index contributed by atoms with van der Waals surface area (Å²) in [6.45, 7) is 0.417. The lowest BCUT2D eigenvalue weighted by atomic mass is 9.98. The average Bonchev–Trinajstić information content (AvgIpc) is 2.89. The zero-order valence-corrected chi connectivity index (χ0v) is 20.2. The Balaban J connectivity index is 1.44. The molecule has 4 amide bonds. The van der Waals surface area contributed by atoms with E-state index in [0.717, 1.165) is 24.3 Å². The third-order valence-corrected chi connectivity index (χ3v) is 6.16. The van der Waals surface area contributed by atoms with E-state index in [2.05, 4.69) is 16.0 Å². The van der Waals surface area contributed by atoms with Crippen molar-refractivity contribution in [1.29, 1.82) is 0 Å². The molecule has 1 aliphatic rings. The Morgan fingerprint density at radius 1 is 0.974 bits per heavy atom. The van der Waals surface area contributed by atoms with Crippen molar-refractivity contribution in [3.05, 3.63) is 83.7 Å². The van der Waals surface area contributed by atoms with Crippen LogP contribution >= 0.6 is 0 Å². The van der Waals surface area contributed by atoms with Gasteiger partial charge in [0.2, 0.25) is 5.91 Å². The smallest absolute Gasteiger partial charge is 0.355 e. The van der Waals surface area contributed by atoms with E-state index in [0.29, 0.717) is 41.8 Å². The van der Waals surface area contributed by atoms with Crippen molar-refractivity contribution in [3.8, 4) is 11.1 Å². The summed E-state index contributed by atoms with van der Waals surface area (Å²) in [6, 6.07) is 13.0. The van der Waals surface area contributed by atoms with E-state index in [1.165, 1.54) is 30.1 Å². The molecule has 1 heterocycles. The second kappa shape index (κ2) is 10.9. The molecule has 1 saturated heterocycles. The maximum atomic E-state index is 13.9. The van der Waals surface area contributed by atoms with Crippen molar-refractivity contribution in [2.24, 2.45) is 0 Å². The molecular formula is C27H24F4N4O3. The van der Waals surface area contributed by atoms with Gasteiger partial charge in [-0.25, -0.2) is 9.18 Å². The summed E-state index contributed by atoms with van der Waals surface area (Å²) >= 11 is 0. The highest BCUT2D eigenvalue weighted by molar-refractivity contribution is 6.02. The number of anilines is 2. The van der Waals surface area contributed by atoms with Gasteiger partial charge in [-0.1, -0.05) is 12.1 Å². The molecule has 4 rings (SSSR count). The van der Waals surface area contributed by atoms with Crippen molar-refractivity contribution < 1.29 is 31.9 Å². The van der Waals surface area contributed by atoms with E-state index < -0.39 is 29.6 Å². The second-order valence-electron chi connectivity index (χ2n) is 8.67. The van der Waals surface area contributed by atoms with Crippen LogP contribution < -0.4 is 20.9 Å². The molecule has 0 saturated carbocycles. The highest BCUT2D eigenvalue weighted by Crippen LogP contribution is 2.30. The Morgan fingerprint density at radius 3 is 2.29 bits per heavy atom. The molecule has 3 aromatic rings. The number of alkyl halides is 3. The number of benzene rings is 3. The molecule has 3 aromatic carbocycles. The first-order valence-electron chi connectivity index (χ1n) is 11.7. The van der Waals surface area contributed by atoms with Crippen LogP contribution in [0.5, 0.6) is 0 Å². The van der Waals surface area contributed by atoms with E-state index in [-0.39, 0.29) is 17.5 Å². The van der Waals surface area contributed by atoms with Gasteiger partial charge in [0, 0.05) is 30.5 Å². The first kappa shape index (κ1) is 26.6. The molecule has 0 bridgehead atoms. The minimum atomic E-state index is -4.49. The van der Waals surface area contributed by atoms with Crippen LogP contribution in [0.4, 0.5) is 33.7 Å². The molecule has 38 heavy (non-hydrogen) atoms. The van der Waals surface area contributed by atoms with Crippen LogP contribution in [0.1, 0.15) is 28.8 Å². The van der Waals surface area contributed by atoms with E-state index in [1.54, 1.807) is 24.3 Å². The Morgan fingerprint density at radius 2 is 1.66 bits per heavy atom. The number of amides is 4. The van der Waals surface area contributed by atoms with Crippen molar-refractivity contribution in [2.45, 2.75) is 25.1 Å². The number of hydrogen-bond acceptors (Lipinski definition) is 3. The molecular weight excluding hydrogens is 504 g/mol. The molecule has 1 atom stereocenters. The van der Waals surface area contributed by atoms with E-state index >= 15 is 0 Å². The van der Waals surface area contributed by atoms with Gasteiger partial charge in [0.25, 0.3) is 5.91 Å². The van der Waals surface area contributed by atoms with Gasteiger partial charge < -0.3 is 20.9 Å². The first-order valence-corrected chi connectivity index (χ1v) is 11.7. The van der Waals surface area contributed by atoms with Gasteiger partial charge in [-0.05, 0) is 78.6 Å². The average molecular weight is 529 g/mol. The Hall–Kier alpha value is -4.41. The van der Waals surface area contributed by atoms with E-state index in [9.17, 15) is 31.9 Å². The van der Waals surface area contributed by atoms with Crippen LogP contribution in [0.15, 0.2) is 66.7 Å². The number of carbonyl (C=O) groups excluding carboxylic acids is 3. The fraction of sp³-hybridized carbons (Fsp3) is 0.222. The van der Waals surface area contributed by atoms with Gasteiger partial charge in [-0.15, -0.1) is 0 Å². The Bertz CT molecular complexity index is 1340. The molecule has 0 radical (unpaired) electrons. The van der Waals surface area contributed by atoms with Crippen LogP contribution in [0.25, 0.3) is 11.1 Å². The Labute approximate surface area is 215 Å². The number of urea groups is 1. The van der Waals surface area contributed by atoms with Gasteiger partial charge in [0.15, 0.2) is 0 Å². The monoisotopic (exact) mass is 528 g/mol. The number of nitrogens with zero attached hydrogens (tertiary/aromatic N) is 1. The number of halogens is 4. The topological polar surface area (TPSA) is 90.5 Å². The van der Waals surface area contributed by atoms with Gasteiger partial charge >= 0.3 is 12.2 Å². The quantitative estimate of drug-likeness (QED) is 0.398. The minimum Gasteiger partial charge on any atom is -0.355 e. The molecule has 1 fully saturated rings. The van der Waals surface area contributed by atoms with Gasteiger partial charge in [-0.2, -0.15) is 13.2 Å². The summed E-state index contributed by atoms with van der Waals surface area (Å²) in [6.07, 6.45) is -3.49. The zero-order chi connectivity index (χ0) is 27.4. The number of carbonyl (C=O) groups is 3. The molecule has 1 unspecified atom stereocenters. The predicted molar refractivity (Wildman–Crippen MR) is 134 cm³/mol. The van der Waals surface area contributed by atoms with Crippen molar-refractivity contribution in [2.75, 3.05) is 23.8 Å². The lowest BCUT2D eigenvalue weighted by Gasteiger charge is -2.32. The number of nitrogens with one attached hydrogen (secondary N) is 3. The Kier molecular flexibility index (Phi) is 7.65. The number of piperidine rings is 1. The summed E-state index contributed by atoms with van der Waals surface area (Å²) in [5.41, 5.74) is 1.17. The van der Waals surface area contributed by atoms with Crippen LogP contribution in [0.3, 0.4) is 0 Å². The summed E-state index contributed by atoms with van der Waals surface area (Å²) in [4.78, 5) is 39.2. The van der Waals surface area contributed by atoms with Gasteiger partial charge in [-0.3, -0.25) is 9.59 Å². The third kappa shape index (κ3) is 5.93. The summed E-state index contributed by atoms with van der Waals surface area (Å²) in [5, 5.41) is 7.55. The number of hydrogen-bond donors (Lipinski definition) is 3. The molecule has 11 heteroatoms. The van der Waals surface area contributed by atoms with Crippen molar-refractivity contribution >= 4 is 29.2 Å². The van der Waals surface area contributed by atoms with E-state index in [4.69, 9.17) is 0 Å². The summed E-state index contributed by atoms with van der Waals surface area (Å²) in [5.74, 6) is -1.20.